The van der Waals surface area contributed by atoms with E-state index in [9.17, 15) is 18.9 Å². The van der Waals surface area contributed by atoms with Gasteiger partial charge in [0, 0.05) is 17.3 Å². The number of Topliss-reactive ketones (excluding diaryl/α,β-unsaturated/α-hetero) is 1. The maximum atomic E-state index is 12.4. The van der Waals surface area contributed by atoms with Crippen LogP contribution in [-0.2, 0) is 11.0 Å². The molecular weight excluding hydrogens is 302 g/mol. The number of carbonyl (C=O) groups is 2. The molecule has 2 aromatic rings. The van der Waals surface area contributed by atoms with E-state index in [4.69, 9.17) is 0 Å². The average Bonchev–Trinajstić information content (AvgIpc) is 2.51. The number of rotatable bonds is 3. The van der Waals surface area contributed by atoms with Crippen LogP contribution in [-0.4, -0.2) is 20.9 Å². The third-order valence-electron chi connectivity index (χ3n) is 3.21. The lowest BCUT2D eigenvalue weighted by Gasteiger charge is -2.16. The summed E-state index contributed by atoms with van der Waals surface area (Å²) in [6.07, 6.45) is 1.05. The molecule has 6 heteroatoms. The molecule has 0 heterocycles. The fraction of sp³-hybridized carbons (Fsp3) is 0. The topological polar surface area (TPSA) is 83.5 Å². The zero-order valence-corrected chi connectivity index (χ0v) is 12.1. The Morgan fingerprint density at radius 3 is 2.41 bits per heavy atom. The van der Waals surface area contributed by atoms with Crippen LogP contribution in [0.5, 0.6) is 5.75 Å². The summed E-state index contributed by atoms with van der Waals surface area (Å²) in [5.41, 5.74) is 0.573. The number of allylic oxidation sites excluding steroid dienone is 2. The third-order valence-corrected chi connectivity index (χ3v) is 4.33. The molecule has 110 valence electrons. The number of anilines is 1. The van der Waals surface area contributed by atoms with Crippen molar-refractivity contribution in [2.24, 2.45) is 0 Å². The molecule has 0 bridgehead atoms. The normalized spacial score (nSPS) is 15.0. The van der Waals surface area contributed by atoms with Crippen LogP contribution in [0.3, 0.4) is 0 Å². The Hall–Kier alpha value is -2.73. The third kappa shape index (κ3) is 2.44. The molecule has 0 saturated carbocycles. The van der Waals surface area contributed by atoms with Crippen LogP contribution in [0.2, 0.25) is 0 Å². The Morgan fingerprint density at radius 1 is 0.955 bits per heavy atom. The van der Waals surface area contributed by atoms with Crippen molar-refractivity contribution in [2.75, 3.05) is 4.72 Å². The fourth-order valence-corrected chi connectivity index (χ4v) is 3.12. The number of phenols is 1. The first-order valence-corrected chi connectivity index (χ1v) is 7.59. The highest BCUT2D eigenvalue weighted by atomic mass is 32.2. The molecule has 1 aliphatic rings. The molecule has 0 saturated heterocycles. The van der Waals surface area contributed by atoms with E-state index < -0.39 is 22.6 Å². The summed E-state index contributed by atoms with van der Waals surface area (Å²) >= 11 is 0. The van der Waals surface area contributed by atoms with E-state index in [0.29, 0.717) is 5.69 Å². The second kappa shape index (κ2) is 5.57. The van der Waals surface area contributed by atoms with Crippen molar-refractivity contribution in [2.45, 2.75) is 0 Å². The Bertz CT molecular complexity index is 827. The number of hydrogen-bond donors (Lipinski definition) is 2. The number of nitrogens with one attached hydrogen (secondary N) is 1. The number of carbonyl (C=O) groups excluding carboxylic acids is 2. The second-order valence-corrected chi connectivity index (χ2v) is 5.82. The van der Waals surface area contributed by atoms with E-state index in [1.807, 2.05) is 0 Å². The highest BCUT2D eigenvalue weighted by molar-refractivity contribution is 7.91. The lowest BCUT2D eigenvalue weighted by molar-refractivity contribution is 0.0988. The first kappa shape index (κ1) is 14.2. The van der Waals surface area contributed by atoms with Crippen molar-refractivity contribution >= 4 is 28.2 Å². The van der Waals surface area contributed by atoms with Crippen molar-refractivity contribution in [1.29, 1.82) is 0 Å². The van der Waals surface area contributed by atoms with Crippen molar-refractivity contribution in [3.05, 3.63) is 70.6 Å². The highest BCUT2D eigenvalue weighted by Gasteiger charge is 2.31. The van der Waals surface area contributed by atoms with Crippen LogP contribution in [0.4, 0.5) is 5.69 Å². The number of hydrogen-bond acceptors (Lipinski definition) is 4. The summed E-state index contributed by atoms with van der Waals surface area (Å²) in [5, 5.41) is 9.81. The standard InChI is InChI=1S/C16H11NO4S/c18-12-8-4-7-11-13(19)9-14(16(20)15(11)12)22(21)17-10-5-2-1-3-6-10/h1-9,17-18H. The Morgan fingerprint density at radius 2 is 1.68 bits per heavy atom. The lowest BCUT2D eigenvalue weighted by atomic mass is 9.94. The first-order chi connectivity index (χ1) is 10.6. The maximum absolute atomic E-state index is 12.4. The van der Waals surface area contributed by atoms with Gasteiger partial charge in [0.25, 0.3) is 0 Å². The Balaban J connectivity index is 1.96. The molecular formula is C16H11NO4S. The molecule has 22 heavy (non-hydrogen) atoms. The van der Waals surface area contributed by atoms with Gasteiger partial charge in [-0.15, -0.1) is 0 Å². The highest BCUT2D eigenvalue weighted by Crippen LogP contribution is 2.30. The van der Waals surface area contributed by atoms with Gasteiger partial charge in [-0.2, -0.15) is 0 Å². The predicted molar refractivity (Wildman–Crippen MR) is 83.1 cm³/mol. The average molecular weight is 313 g/mol. The first-order valence-electron chi connectivity index (χ1n) is 6.44. The van der Waals surface area contributed by atoms with E-state index in [0.717, 1.165) is 6.08 Å². The smallest absolute Gasteiger partial charge is 0.208 e. The van der Waals surface area contributed by atoms with Crippen LogP contribution in [0, 0.1) is 0 Å². The molecule has 0 aromatic heterocycles. The largest absolute Gasteiger partial charge is 0.507 e. The van der Waals surface area contributed by atoms with Crippen molar-refractivity contribution in [3.63, 3.8) is 0 Å². The SMILES string of the molecule is O=C1C=C(S(=O)Nc2ccccc2)C(=O)c2c(O)cccc21. The van der Waals surface area contributed by atoms with Gasteiger partial charge in [-0.05, 0) is 18.2 Å². The molecule has 0 aliphatic heterocycles. The summed E-state index contributed by atoms with van der Waals surface area (Å²) in [4.78, 5) is 24.3. The van der Waals surface area contributed by atoms with Gasteiger partial charge < -0.3 is 9.83 Å². The van der Waals surface area contributed by atoms with Crippen molar-refractivity contribution in [1.82, 2.24) is 0 Å². The van der Waals surface area contributed by atoms with Gasteiger partial charge in [0.15, 0.2) is 16.8 Å². The molecule has 0 spiro atoms. The van der Waals surface area contributed by atoms with Crippen LogP contribution in [0.1, 0.15) is 20.7 Å². The molecule has 1 unspecified atom stereocenters. The second-order valence-electron chi connectivity index (χ2n) is 4.64. The number of fused-ring (bicyclic) bond motifs is 1. The van der Waals surface area contributed by atoms with Gasteiger partial charge in [-0.3, -0.25) is 9.59 Å². The zero-order valence-electron chi connectivity index (χ0n) is 11.3. The van der Waals surface area contributed by atoms with Gasteiger partial charge in [-0.1, -0.05) is 30.3 Å². The summed E-state index contributed by atoms with van der Waals surface area (Å²) < 4.78 is 15.0. The van der Waals surface area contributed by atoms with Gasteiger partial charge >= 0.3 is 0 Å². The van der Waals surface area contributed by atoms with Crippen molar-refractivity contribution in [3.8, 4) is 5.75 Å². The minimum atomic E-state index is -1.89. The summed E-state index contributed by atoms with van der Waals surface area (Å²) in [5.74, 6) is -1.36. The van der Waals surface area contributed by atoms with Gasteiger partial charge in [0.2, 0.25) is 5.78 Å². The number of ketones is 2. The van der Waals surface area contributed by atoms with E-state index in [1.54, 1.807) is 30.3 Å². The number of phenolic OH excluding ortho intramolecular Hbond substituents is 1. The van der Waals surface area contributed by atoms with Crippen LogP contribution in [0.25, 0.3) is 0 Å². The minimum Gasteiger partial charge on any atom is -0.507 e. The molecule has 0 amide bonds. The van der Waals surface area contributed by atoms with Crippen LogP contribution >= 0.6 is 0 Å². The molecule has 2 N–H and O–H groups in total. The molecule has 0 fully saturated rings. The number of para-hydroxylation sites is 1. The zero-order chi connectivity index (χ0) is 15.7. The molecule has 1 aliphatic carbocycles. The van der Waals surface area contributed by atoms with Crippen LogP contribution < -0.4 is 4.72 Å². The molecule has 2 aromatic carbocycles. The van der Waals surface area contributed by atoms with Crippen molar-refractivity contribution < 1.29 is 18.9 Å². The van der Waals surface area contributed by atoms with Gasteiger partial charge in [0.1, 0.15) is 10.7 Å². The van der Waals surface area contributed by atoms with E-state index in [-0.39, 0.29) is 21.8 Å². The predicted octanol–water partition coefficient (Wildman–Crippen LogP) is 2.43. The molecule has 5 nitrogen and oxygen atoms in total. The number of aromatic hydroxyl groups is 1. The van der Waals surface area contributed by atoms with E-state index in [1.165, 1.54) is 18.2 Å². The van der Waals surface area contributed by atoms with E-state index in [2.05, 4.69) is 4.72 Å². The molecule has 1 atom stereocenters. The Labute approximate surface area is 128 Å². The quantitative estimate of drug-likeness (QED) is 0.911. The number of benzene rings is 2. The maximum Gasteiger partial charge on any atom is 0.208 e. The fourth-order valence-electron chi connectivity index (χ4n) is 2.18. The Kier molecular flexibility index (Phi) is 3.60. The van der Waals surface area contributed by atoms with Gasteiger partial charge in [-0.25, -0.2) is 4.21 Å². The molecule has 3 rings (SSSR count). The molecule has 0 radical (unpaired) electrons. The summed E-state index contributed by atoms with van der Waals surface area (Å²) in [7, 11) is -1.89. The van der Waals surface area contributed by atoms with Gasteiger partial charge in [0.05, 0.1) is 5.56 Å². The van der Waals surface area contributed by atoms with Crippen LogP contribution in [0.15, 0.2) is 59.5 Å². The van der Waals surface area contributed by atoms with E-state index >= 15 is 0 Å². The summed E-state index contributed by atoms with van der Waals surface area (Å²) in [6.45, 7) is 0. The minimum absolute atomic E-state index is 0.104. The summed E-state index contributed by atoms with van der Waals surface area (Å²) in [6, 6.07) is 13.0. The monoisotopic (exact) mass is 313 g/mol. The lowest BCUT2D eigenvalue weighted by Crippen LogP contribution is -2.22.